The van der Waals surface area contributed by atoms with E-state index < -0.39 is 35.6 Å². The van der Waals surface area contributed by atoms with Gasteiger partial charge in [0.1, 0.15) is 23.4 Å². The number of hydrogen-bond acceptors (Lipinski definition) is 5. The van der Waals surface area contributed by atoms with E-state index in [1.54, 1.807) is 45.9 Å². The van der Waals surface area contributed by atoms with E-state index in [1.165, 1.54) is 11.0 Å². The number of alkyl carbamates (subject to hydrolysis) is 1. The number of para-hydroxylation sites is 1. The van der Waals surface area contributed by atoms with E-state index in [0.29, 0.717) is 17.7 Å². The maximum atomic E-state index is 13.9. The van der Waals surface area contributed by atoms with Crippen molar-refractivity contribution in [3.8, 4) is 5.75 Å². The van der Waals surface area contributed by atoms with Crippen LogP contribution in [0.3, 0.4) is 0 Å². The summed E-state index contributed by atoms with van der Waals surface area (Å²) in [4.78, 5) is 41.7. The molecular formula is C32H41N3O5. The molecule has 0 fully saturated rings. The summed E-state index contributed by atoms with van der Waals surface area (Å²) in [5, 5.41) is 18.3. The van der Waals surface area contributed by atoms with Gasteiger partial charge in [0.15, 0.2) is 0 Å². The maximum absolute atomic E-state index is 13.9. The van der Waals surface area contributed by atoms with Gasteiger partial charge in [0.2, 0.25) is 5.91 Å². The van der Waals surface area contributed by atoms with Crippen LogP contribution in [0.4, 0.5) is 10.5 Å². The second kappa shape index (κ2) is 13.8. The molecule has 3 amide bonds. The van der Waals surface area contributed by atoms with Crippen molar-refractivity contribution in [1.29, 1.82) is 0 Å². The molecule has 0 spiro atoms. The van der Waals surface area contributed by atoms with Crippen molar-refractivity contribution >= 4 is 34.4 Å². The van der Waals surface area contributed by atoms with Crippen LogP contribution in [0.25, 0.3) is 10.8 Å². The Labute approximate surface area is 236 Å². The van der Waals surface area contributed by atoms with Gasteiger partial charge in [-0.05, 0) is 63.1 Å². The molecule has 8 heteroatoms. The minimum atomic E-state index is -1.13. The van der Waals surface area contributed by atoms with Crippen LogP contribution < -0.4 is 10.6 Å². The molecule has 2 atom stereocenters. The lowest BCUT2D eigenvalue weighted by Crippen LogP contribution is -2.51. The van der Waals surface area contributed by atoms with E-state index in [-0.39, 0.29) is 12.3 Å². The van der Waals surface area contributed by atoms with Gasteiger partial charge in [0.25, 0.3) is 5.91 Å². The zero-order valence-electron chi connectivity index (χ0n) is 24.1. The van der Waals surface area contributed by atoms with E-state index in [9.17, 15) is 19.5 Å². The molecule has 214 valence electrons. The van der Waals surface area contributed by atoms with Gasteiger partial charge in [-0.25, -0.2) is 4.79 Å². The third-order valence-corrected chi connectivity index (χ3v) is 6.45. The summed E-state index contributed by atoms with van der Waals surface area (Å²) in [7, 11) is 0. The second-order valence-electron chi connectivity index (χ2n) is 11.0. The molecule has 0 aliphatic heterocycles. The van der Waals surface area contributed by atoms with Crippen LogP contribution in [0, 0.1) is 0 Å². The van der Waals surface area contributed by atoms with Crippen molar-refractivity contribution in [2.45, 2.75) is 78.0 Å². The van der Waals surface area contributed by atoms with E-state index in [4.69, 9.17) is 4.74 Å². The minimum absolute atomic E-state index is 0.0970. The molecule has 40 heavy (non-hydrogen) atoms. The molecular weight excluding hydrogens is 506 g/mol. The number of fused-ring (bicyclic) bond motifs is 1. The van der Waals surface area contributed by atoms with Crippen LogP contribution in [0.15, 0.2) is 66.7 Å². The number of anilines is 1. The third kappa shape index (κ3) is 8.46. The number of nitrogens with zero attached hydrogens (tertiary/aromatic N) is 1. The number of carbonyl (C=O) groups is 3. The standard InChI is InChI=1S/C32H41N3O5/c1-6-7-8-13-20-35(30(38)22(2)33-31(39)40-32(3,4)5)28(26-16-11-12-17-27(26)36)29(37)34-25-19-18-23-14-9-10-15-24(23)21-25/h9-12,14-19,21-22,28,36H,6-8,13,20H2,1-5H3,(H,33,39)(H,34,37). The highest BCUT2D eigenvalue weighted by Gasteiger charge is 2.36. The zero-order chi connectivity index (χ0) is 29.3. The largest absolute Gasteiger partial charge is 0.508 e. The van der Waals surface area contributed by atoms with Gasteiger partial charge in [-0.1, -0.05) is 74.7 Å². The van der Waals surface area contributed by atoms with Crippen molar-refractivity contribution in [3.05, 3.63) is 72.3 Å². The van der Waals surface area contributed by atoms with Crippen LogP contribution >= 0.6 is 0 Å². The Balaban J connectivity index is 1.96. The molecule has 3 aromatic carbocycles. The lowest BCUT2D eigenvalue weighted by atomic mass is 10.0. The summed E-state index contributed by atoms with van der Waals surface area (Å²) >= 11 is 0. The fourth-order valence-electron chi connectivity index (χ4n) is 4.52. The summed E-state index contributed by atoms with van der Waals surface area (Å²) in [5.74, 6) is -1.02. The van der Waals surface area contributed by atoms with Crippen molar-refractivity contribution in [2.75, 3.05) is 11.9 Å². The van der Waals surface area contributed by atoms with Gasteiger partial charge in [0, 0.05) is 17.8 Å². The second-order valence-corrected chi connectivity index (χ2v) is 11.0. The van der Waals surface area contributed by atoms with Crippen molar-refractivity contribution < 1.29 is 24.2 Å². The molecule has 3 rings (SSSR count). The summed E-state index contributed by atoms with van der Waals surface area (Å²) < 4.78 is 5.34. The van der Waals surface area contributed by atoms with Gasteiger partial charge >= 0.3 is 6.09 Å². The topological polar surface area (TPSA) is 108 Å². The number of rotatable bonds is 11. The first-order valence-corrected chi connectivity index (χ1v) is 13.9. The highest BCUT2D eigenvalue weighted by molar-refractivity contribution is 6.00. The monoisotopic (exact) mass is 547 g/mol. The predicted molar refractivity (Wildman–Crippen MR) is 158 cm³/mol. The number of phenols is 1. The zero-order valence-corrected chi connectivity index (χ0v) is 24.1. The average Bonchev–Trinajstić information content (AvgIpc) is 2.89. The number of benzene rings is 3. The fourth-order valence-corrected chi connectivity index (χ4v) is 4.52. The summed E-state index contributed by atoms with van der Waals surface area (Å²) in [6, 6.07) is 17.8. The van der Waals surface area contributed by atoms with Crippen LogP contribution in [0.1, 0.15) is 71.9 Å². The number of unbranched alkanes of at least 4 members (excludes halogenated alkanes) is 3. The molecule has 2 unspecified atom stereocenters. The molecule has 0 radical (unpaired) electrons. The predicted octanol–water partition coefficient (Wildman–Crippen LogP) is 6.55. The summed E-state index contributed by atoms with van der Waals surface area (Å²) in [6.07, 6.45) is 2.80. The number of aromatic hydroxyl groups is 1. The Morgan fingerprint density at radius 2 is 1.60 bits per heavy atom. The molecule has 0 saturated heterocycles. The number of amides is 3. The van der Waals surface area contributed by atoms with E-state index in [2.05, 4.69) is 17.6 Å². The fraction of sp³-hybridized carbons (Fsp3) is 0.406. The Hall–Kier alpha value is -4.07. The van der Waals surface area contributed by atoms with Crippen LogP contribution in [-0.2, 0) is 14.3 Å². The Morgan fingerprint density at radius 1 is 0.925 bits per heavy atom. The van der Waals surface area contributed by atoms with Gasteiger partial charge in [-0.15, -0.1) is 0 Å². The number of nitrogens with one attached hydrogen (secondary N) is 2. The Morgan fingerprint density at radius 3 is 2.27 bits per heavy atom. The van der Waals surface area contributed by atoms with Gasteiger partial charge in [-0.2, -0.15) is 0 Å². The summed E-state index contributed by atoms with van der Waals surface area (Å²) in [5.41, 5.74) is 0.140. The number of hydrogen-bond donors (Lipinski definition) is 3. The third-order valence-electron chi connectivity index (χ3n) is 6.45. The van der Waals surface area contributed by atoms with E-state index in [0.717, 1.165) is 30.0 Å². The van der Waals surface area contributed by atoms with E-state index >= 15 is 0 Å². The number of carbonyl (C=O) groups excluding carboxylic acids is 3. The normalized spacial score (nSPS) is 12.8. The molecule has 0 bridgehead atoms. The van der Waals surface area contributed by atoms with Gasteiger partial charge in [0.05, 0.1) is 0 Å². The van der Waals surface area contributed by atoms with Crippen LogP contribution in [-0.4, -0.2) is 46.1 Å². The highest BCUT2D eigenvalue weighted by atomic mass is 16.6. The molecule has 0 heterocycles. The van der Waals surface area contributed by atoms with Crippen molar-refractivity contribution in [1.82, 2.24) is 10.2 Å². The molecule has 8 nitrogen and oxygen atoms in total. The lowest BCUT2D eigenvalue weighted by Gasteiger charge is -2.34. The number of ether oxygens (including phenoxy) is 1. The van der Waals surface area contributed by atoms with Gasteiger partial charge in [-0.3, -0.25) is 9.59 Å². The maximum Gasteiger partial charge on any atom is 0.408 e. The molecule has 0 aliphatic carbocycles. The first-order chi connectivity index (χ1) is 19.0. The van der Waals surface area contributed by atoms with E-state index in [1.807, 2.05) is 42.5 Å². The smallest absolute Gasteiger partial charge is 0.408 e. The first-order valence-electron chi connectivity index (χ1n) is 13.9. The lowest BCUT2D eigenvalue weighted by molar-refractivity contribution is -0.140. The number of phenolic OH excluding ortho intramolecular Hbond substituents is 1. The average molecular weight is 548 g/mol. The molecule has 3 aromatic rings. The van der Waals surface area contributed by atoms with Crippen LogP contribution in [0.5, 0.6) is 5.75 Å². The Bertz CT molecular complexity index is 1320. The Kier molecular flexibility index (Phi) is 10.5. The molecule has 0 saturated carbocycles. The molecule has 0 aromatic heterocycles. The minimum Gasteiger partial charge on any atom is -0.508 e. The summed E-state index contributed by atoms with van der Waals surface area (Å²) in [6.45, 7) is 9.15. The molecule has 3 N–H and O–H groups in total. The highest BCUT2D eigenvalue weighted by Crippen LogP contribution is 2.31. The quantitative estimate of drug-likeness (QED) is 0.236. The van der Waals surface area contributed by atoms with Crippen molar-refractivity contribution in [3.63, 3.8) is 0 Å². The SMILES string of the molecule is CCCCCCN(C(=O)C(C)NC(=O)OC(C)(C)C)C(C(=O)Nc1ccc2ccccc2c1)c1ccccc1O. The van der Waals surface area contributed by atoms with Gasteiger partial charge < -0.3 is 25.4 Å². The first kappa shape index (κ1) is 30.5. The van der Waals surface area contributed by atoms with Crippen molar-refractivity contribution in [2.24, 2.45) is 0 Å². The molecule has 0 aliphatic rings. The van der Waals surface area contributed by atoms with Crippen LogP contribution in [0.2, 0.25) is 0 Å².